The fraction of sp³-hybridized carbons (Fsp3) is 0.214. The largest absolute Gasteiger partial charge is 0.369 e. The first kappa shape index (κ1) is 48.9. The van der Waals surface area contributed by atoms with Crippen LogP contribution in [0.1, 0.15) is 16.7 Å². The van der Waals surface area contributed by atoms with Gasteiger partial charge in [-0.15, -0.1) is 0 Å². The molecule has 0 spiro atoms. The molecule has 1 aromatic heterocycles. The lowest BCUT2D eigenvalue weighted by atomic mass is 10.1. The van der Waals surface area contributed by atoms with E-state index in [1.807, 2.05) is 28.9 Å². The first-order chi connectivity index (χ1) is 32.3. The Balaban J connectivity index is 1.11. The third kappa shape index (κ3) is 13.3. The maximum atomic E-state index is 12.8. The van der Waals surface area contributed by atoms with Crippen molar-refractivity contribution in [3.63, 3.8) is 0 Å². The number of guanidine groups is 2. The highest BCUT2D eigenvalue weighted by Crippen LogP contribution is 2.27. The van der Waals surface area contributed by atoms with Crippen molar-refractivity contribution >= 4 is 94.8 Å². The van der Waals surface area contributed by atoms with E-state index in [1.165, 1.54) is 48.5 Å². The number of benzene rings is 4. The van der Waals surface area contributed by atoms with E-state index in [4.69, 9.17) is 16.0 Å². The molecule has 0 atom stereocenters. The number of piperazine rings is 2. The van der Waals surface area contributed by atoms with E-state index < -0.39 is 35.1 Å². The number of rotatable bonds is 14. The Morgan fingerprint density at radius 3 is 1.76 bits per heavy atom. The first-order valence-electron chi connectivity index (χ1n) is 20.8. The Morgan fingerprint density at radius 2 is 1.19 bits per heavy atom. The van der Waals surface area contributed by atoms with Crippen LogP contribution in [0.2, 0.25) is 0 Å². The van der Waals surface area contributed by atoms with Crippen molar-refractivity contribution in [1.29, 1.82) is 0 Å². The highest BCUT2D eigenvalue weighted by atomic mass is 32.2. The second-order valence-corrected chi connectivity index (χ2v) is 19.9. The summed E-state index contributed by atoms with van der Waals surface area (Å²) in [6.07, 6.45) is 3.27. The van der Waals surface area contributed by atoms with Crippen LogP contribution in [0.5, 0.6) is 0 Å². The second-order valence-electron chi connectivity index (χ2n) is 15.4. The number of aryl methyl sites for hydroxylation is 1. The second kappa shape index (κ2) is 20.9. The van der Waals surface area contributed by atoms with Gasteiger partial charge in [-0.2, -0.15) is 33.4 Å². The summed E-state index contributed by atoms with van der Waals surface area (Å²) in [7, 11) is -12.5. The van der Waals surface area contributed by atoms with Gasteiger partial charge < -0.3 is 47.4 Å². The molecule has 4 aromatic carbocycles. The number of sulfonamides is 2. The zero-order valence-corrected chi connectivity index (χ0v) is 39.0. The van der Waals surface area contributed by atoms with Crippen LogP contribution in [0.25, 0.3) is 12.2 Å². The molecule has 2 aliphatic heterocycles. The average molecular weight is 987 g/mol. The van der Waals surface area contributed by atoms with Crippen LogP contribution in [0.4, 0.5) is 40.6 Å². The normalized spacial score (nSPS) is 15.3. The third-order valence-electron chi connectivity index (χ3n) is 10.4. The Kier molecular flexibility index (Phi) is 15.0. The van der Waals surface area contributed by atoms with Crippen LogP contribution in [-0.4, -0.2) is 114 Å². The van der Waals surface area contributed by atoms with Crippen LogP contribution in [0.3, 0.4) is 0 Å². The number of aromatic nitrogens is 3. The molecule has 0 unspecified atom stereocenters. The Morgan fingerprint density at radius 1 is 0.676 bits per heavy atom. The van der Waals surface area contributed by atoms with E-state index in [0.717, 1.165) is 24.2 Å². The van der Waals surface area contributed by atoms with Crippen molar-refractivity contribution in [2.24, 2.45) is 26.0 Å². The molecule has 0 radical (unpaired) electrons. The lowest BCUT2D eigenvalue weighted by Gasteiger charge is -2.28. The summed E-state index contributed by atoms with van der Waals surface area (Å²) < 4.78 is 83.0. The van der Waals surface area contributed by atoms with Gasteiger partial charge in [-0.1, -0.05) is 30.9 Å². The van der Waals surface area contributed by atoms with Gasteiger partial charge in [-0.25, -0.2) is 27.1 Å². The molecule has 358 valence electrons. The van der Waals surface area contributed by atoms with Gasteiger partial charge in [0.15, 0.2) is 5.96 Å². The molecule has 5 aromatic rings. The van der Waals surface area contributed by atoms with Crippen molar-refractivity contribution in [2.75, 3.05) is 78.5 Å². The molecule has 3 heterocycles. The summed E-state index contributed by atoms with van der Waals surface area (Å²) in [4.78, 5) is 26.1. The van der Waals surface area contributed by atoms with Gasteiger partial charge in [0.1, 0.15) is 10.7 Å². The highest BCUT2D eigenvalue weighted by Gasteiger charge is 2.20. The molecule has 2 fully saturated rings. The molecule has 26 heteroatoms. The standard InChI is InChI=1S/C42H50N16O7S3/c1-27-25-33(51-41-54-40(55-42(56-41)58-23-19-47-20-24-58)50-32-11-15-36(16-12-32)67(45,61)62)7-5-29(27)3-4-30-6-8-34(26-37(30)68(63,64)65)52-39(53-38(43)57-21-17-46-18-22-57)49-28(2)48-31-9-13-35(14-10-31)66(44,59)60/h3-16,25-26,46-48H,2,17-24H2,1H3,(H2,44,59,60)(H2,45,61,62)(H,63,64,65)(H3,43,49,52,53)(H2,50,51,54,55,56)/b4-3+. The van der Waals surface area contributed by atoms with Gasteiger partial charge in [0.25, 0.3) is 10.1 Å². The summed E-state index contributed by atoms with van der Waals surface area (Å²) in [5, 5.41) is 29.3. The molecular formula is C42H50N16O7S3. The van der Waals surface area contributed by atoms with Crippen LogP contribution in [0.15, 0.2) is 122 Å². The first-order valence-corrected chi connectivity index (χ1v) is 25.3. The quantitative estimate of drug-likeness (QED) is 0.0330. The van der Waals surface area contributed by atoms with Crippen molar-refractivity contribution in [1.82, 2.24) is 30.5 Å². The summed E-state index contributed by atoms with van der Waals surface area (Å²) in [6, 6.07) is 21.3. The van der Waals surface area contributed by atoms with Crippen molar-refractivity contribution in [2.45, 2.75) is 21.6 Å². The minimum atomic E-state index is -4.77. The number of anilines is 7. The van der Waals surface area contributed by atoms with Gasteiger partial charge in [0, 0.05) is 75.1 Å². The molecule has 23 nitrogen and oxygen atoms in total. The Bertz CT molecular complexity index is 3100. The number of hydrogen-bond donors (Lipinski definition) is 10. The number of nitrogens with one attached hydrogen (secondary N) is 6. The van der Waals surface area contributed by atoms with Crippen molar-refractivity contribution in [3.8, 4) is 0 Å². The third-order valence-corrected chi connectivity index (χ3v) is 13.1. The minimum Gasteiger partial charge on any atom is -0.369 e. The smallest absolute Gasteiger partial charge is 0.295 e. The number of aliphatic imine (C=N–C) groups is 2. The SMILES string of the molecule is C=C(/N=C(\N=C(/N)N1CCNCC1)Nc1ccc(/C=C/c2ccc(Nc3nc(Nc4ccc(S(N)(=O)=O)cc4)nc(N4CCNCC4)n3)cc2C)c(S(=O)(=O)O)c1)Nc1ccc(S(N)(=O)=O)cc1. The van der Waals surface area contributed by atoms with Crippen LogP contribution < -0.4 is 52.8 Å². The molecule has 0 amide bonds. The lowest BCUT2D eigenvalue weighted by Crippen LogP contribution is -2.49. The molecular weight excluding hydrogens is 937 g/mol. The predicted molar refractivity (Wildman–Crippen MR) is 263 cm³/mol. The van der Waals surface area contributed by atoms with Crippen LogP contribution >= 0.6 is 0 Å². The topological polar surface area (TPSA) is 343 Å². The highest BCUT2D eigenvalue weighted by molar-refractivity contribution is 7.89. The molecule has 0 aliphatic carbocycles. The number of nitrogens with zero attached hydrogens (tertiary/aromatic N) is 7. The fourth-order valence-corrected chi connectivity index (χ4v) is 8.64. The Labute approximate surface area is 393 Å². The summed E-state index contributed by atoms with van der Waals surface area (Å²) in [5.41, 5.74) is 9.90. The minimum absolute atomic E-state index is 0.0363. The van der Waals surface area contributed by atoms with E-state index in [-0.39, 0.29) is 50.7 Å². The van der Waals surface area contributed by atoms with E-state index in [1.54, 1.807) is 36.4 Å². The average Bonchev–Trinajstić information content (AvgIpc) is 3.29. The Hall–Kier alpha value is -7.04. The van der Waals surface area contributed by atoms with Crippen LogP contribution in [-0.2, 0) is 30.2 Å². The van der Waals surface area contributed by atoms with Gasteiger partial charge in [-0.05, 0) is 96.4 Å². The van der Waals surface area contributed by atoms with Crippen molar-refractivity contribution in [3.05, 3.63) is 114 Å². The zero-order chi connectivity index (χ0) is 48.6. The predicted octanol–water partition coefficient (Wildman–Crippen LogP) is 2.36. The molecule has 7 rings (SSSR count). The van der Waals surface area contributed by atoms with E-state index in [2.05, 4.69) is 63.4 Å². The lowest BCUT2D eigenvalue weighted by molar-refractivity contribution is 0.354. The molecule has 2 saturated heterocycles. The van der Waals surface area contributed by atoms with Gasteiger partial charge in [-0.3, -0.25) is 4.55 Å². The molecule has 0 bridgehead atoms. The summed E-state index contributed by atoms with van der Waals surface area (Å²) in [6.45, 7) is 11.1. The number of hydrogen-bond acceptors (Lipinski definition) is 16. The van der Waals surface area contributed by atoms with E-state index in [0.29, 0.717) is 62.3 Å². The van der Waals surface area contributed by atoms with Crippen LogP contribution in [0, 0.1) is 6.92 Å². The van der Waals surface area contributed by atoms with Gasteiger partial charge in [0.05, 0.1) is 9.79 Å². The summed E-state index contributed by atoms with van der Waals surface area (Å²) in [5.74, 6) is 1.03. The number of nitrogens with two attached hydrogens (primary N) is 3. The molecule has 0 saturated carbocycles. The van der Waals surface area contributed by atoms with E-state index >= 15 is 0 Å². The number of primary sulfonamides is 2. The van der Waals surface area contributed by atoms with Gasteiger partial charge in [0.2, 0.25) is 43.9 Å². The summed E-state index contributed by atoms with van der Waals surface area (Å²) >= 11 is 0. The maximum Gasteiger partial charge on any atom is 0.295 e. The molecule has 13 N–H and O–H groups in total. The van der Waals surface area contributed by atoms with Gasteiger partial charge >= 0.3 is 0 Å². The monoisotopic (exact) mass is 986 g/mol. The molecule has 2 aliphatic rings. The maximum absolute atomic E-state index is 12.8. The van der Waals surface area contributed by atoms with Crippen molar-refractivity contribution < 1.29 is 29.8 Å². The van der Waals surface area contributed by atoms with E-state index in [9.17, 15) is 29.8 Å². The zero-order valence-electron chi connectivity index (χ0n) is 36.6. The fourth-order valence-electron chi connectivity index (χ4n) is 6.90. The molecule has 68 heavy (non-hydrogen) atoms.